The zero-order valence-corrected chi connectivity index (χ0v) is 18.3. The van der Waals surface area contributed by atoms with E-state index in [1.807, 2.05) is 0 Å². The number of nitrogens with zero attached hydrogens (tertiary/aromatic N) is 4. The van der Waals surface area contributed by atoms with Gasteiger partial charge in [-0.15, -0.1) is 0 Å². The van der Waals surface area contributed by atoms with E-state index < -0.39 is 52.8 Å². The van der Waals surface area contributed by atoms with Crippen LogP contribution < -0.4 is 10.5 Å². The normalized spacial score (nSPS) is 26.6. The smallest absolute Gasteiger partial charge is 0.336 e. The summed E-state index contributed by atoms with van der Waals surface area (Å²) in [6.07, 6.45) is -2.75. The number of hydrogen-bond acceptors (Lipinski definition) is 11. The molecule has 3 aromatic rings. The van der Waals surface area contributed by atoms with Gasteiger partial charge in [0.1, 0.15) is 41.5 Å². The third-order valence-corrected chi connectivity index (χ3v) is 6.88. The minimum absolute atomic E-state index is 0.0848. The molecule has 2 aromatic heterocycles. The minimum Gasteiger partial charge on any atom is -0.387 e. The maximum Gasteiger partial charge on any atom is 0.336 e. The van der Waals surface area contributed by atoms with Gasteiger partial charge in [0.25, 0.3) is 0 Å². The van der Waals surface area contributed by atoms with Crippen molar-refractivity contribution >= 4 is 27.3 Å². The molecule has 2 aliphatic rings. The number of halogens is 1. The van der Waals surface area contributed by atoms with Crippen LogP contribution >= 0.6 is 0 Å². The molecule has 5 N–H and O–H groups in total. The quantitative estimate of drug-likeness (QED) is 0.313. The van der Waals surface area contributed by atoms with E-state index in [1.54, 1.807) is 6.07 Å². The van der Waals surface area contributed by atoms with Gasteiger partial charge in [0.05, 0.1) is 26.1 Å². The number of nitrogen functional groups attached to an aromatic ring is 1. The predicted molar refractivity (Wildman–Crippen MR) is 113 cm³/mol. The average Bonchev–Trinajstić information content (AvgIpc) is 3.32. The predicted octanol–water partition coefficient (Wildman–Crippen LogP) is -1.06. The van der Waals surface area contributed by atoms with E-state index in [0.29, 0.717) is 0 Å². The van der Waals surface area contributed by atoms with E-state index in [4.69, 9.17) is 19.4 Å². The van der Waals surface area contributed by atoms with Crippen molar-refractivity contribution in [3.8, 4) is 0 Å². The first-order chi connectivity index (χ1) is 16.2. The van der Waals surface area contributed by atoms with Crippen LogP contribution in [0, 0.1) is 5.82 Å². The Kier molecular flexibility index (Phi) is 5.71. The van der Waals surface area contributed by atoms with Gasteiger partial charge >= 0.3 is 10.3 Å². The van der Waals surface area contributed by atoms with Crippen molar-refractivity contribution in [1.29, 1.82) is 0 Å². The molecule has 4 atom stereocenters. The molecule has 5 rings (SSSR count). The topological polar surface area (TPSA) is 184 Å². The third-order valence-electron chi connectivity index (χ3n) is 5.79. The number of nitrogens with two attached hydrogens (primary N) is 1. The molecule has 0 saturated carbocycles. The lowest BCUT2D eigenvalue weighted by Crippen LogP contribution is -2.60. The highest BCUT2D eigenvalue weighted by Crippen LogP contribution is 2.34. The molecular weight excluding hydrogens is 475 g/mol. The fraction of sp³-hybridized carbons (Fsp3) is 0.421. The Morgan fingerprint density at radius 1 is 1.24 bits per heavy atom. The highest BCUT2D eigenvalue weighted by Gasteiger charge is 2.48. The Hall–Kier alpha value is -2.79. The van der Waals surface area contributed by atoms with Crippen molar-refractivity contribution in [3.63, 3.8) is 0 Å². The maximum atomic E-state index is 14.3. The van der Waals surface area contributed by atoms with Crippen molar-refractivity contribution in [2.24, 2.45) is 0 Å². The first-order valence-corrected chi connectivity index (χ1v) is 11.6. The van der Waals surface area contributed by atoms with Crippen LogP contribution in [0.4, 0.5) is 10.2 Å². The van der Waals surface area contributed by atoms with Gasteiger partial charge in [-0.3, -0.25) is 8.75 Å². The molecule has 0 aliphatic carbocycles. The van der Waals surface area contributed by atoms with Crippen molar-refractivity contribution in [1.82, 2.24) is 24.2 Å². The standard InChI is InChI=1S/C19H21FN6O7S/c20-11-4-2-1-3-10(11)19(6-31-7-19)25-34(29,30)32-5-12-14(27)15(28)18(33-12)26-9-24-13-16(21)22-8-23-17(13)26/h1-4,8-9,12,14-15,18,25,27-28H,5-7H2,(H2,21,22,23)/t12-,14-,15-,18-/m1/s1. The van der Waals surface area contributed by atoms with E-state index in [9.17, 15) is 23.0 Å². The molecule has 2 aliphatic heterocycles. The maximum absolute atomic E-state index is 14.3. The fourth-order valence-electron chi connectivity index (χ4n) is 4.00. The average molecular weight is 496 g/mol. The van der Waals surface area contributed by atoms with Crippen LogP contribution in [0.25, 0.3) is 11.2 Å². The fourth-order valence-corrected chi connectivity index (χ4v) is 5.08. The number of ether oxygens (including phenoxy) is 2. The summed E-state index contributed by atoms with van der Waals surface area (Å²) in [7, 11) is -4.43. The number of benzene rings is 1. The van der Waals surface area contributed by atoms with Crippen molar-refractivity contribution in [2.75, 3.05) is 25.6 Å². The van der Waals surface area contributed by atoms with Gasteiger partial charge in [-0.2, -0.15) is 13.1 Å². The second-order valence-electron chi connectivity index (χ2n) is 8.02. The van der Waals surface area contributed by atoms with Crippen LogP contribution in [-0.4, -0.2) is 76.3 Å². The van der Waals surface area contributed by atoms with Crippen LogP contribution in [0.1, 0.15) is 11.8 Å². The Morgan fingerprint density at radius 2 is 2.00 bits per heavy atom. The highest BCUT2D eigenvalue weighted by molar-refractivity contribution is 7.84. The molecule has 0 amide bonds. The van der Waals surface area contributed by atoms with Gasteiger partial charge < -0.3 is 25.4 Å². The first-order valence-electron chi connectivity index (χ1n) is 10.2. The molecule has 34 heavy (non-hydrogen) atoms. The molecule has 182 valence electrons. The Bertz CT molecular complexity index is 1320. The van der Waals surface area contributed by atoms with Crippen molar-refractivity contribution in [3.05, 3.63) is 48.3 Å². The van der Waals surface area contributed by atoms with Gasteiger partial charge in [0, 0.05) is 5.56 Å². The number of aromatic nitrogens is 4. The second-order valence-corrected chi connectivity index (χ2v) is 9.37. The largest absolute Gasteiger partial charge is 0.387 e. The molecule has 15 heteroatoms. The second kappa shape index (κ2) is 8.46. The summed E-state index contributed by atoms with van der Waals surface area (Å²) in [6.45, 7) is -0.793. The monoisotopic (exact) mass is 496 g/mol. The lowest BCUT2D eigenvalue weighted by Gasteiger charge is -2.41. The molecule has 13 nitrogen and oxygen atoms in total. The number of rotatable bonds is 7. The summed E-state index contributed by atoms with van der Waals surface area (Å²) in [5.74, 6) is -0.469. The lowest BCUT2D eigenvalue weighted by atomic mass is 9.89. The van der Waals surface area contributed by atoms with Crippen LogP contribution in [0.3, 0.4) is 0 Å². The van der Waals surface area contributed by atoms with Crippen molar-refractivity contribution < 1.29 is 36.7 Å². The molecule has 0 unspecified atom stereocenters. The zero-order valence-electron chi connectivity index (χ0n) is 17.5. The van der Waals surface area contributed by atoms with Crippen LogP contribution in [-0.2, 0) is 29.5 Å². The lowest BCUT2D eigenvalue weighted by molar-refractivity contribution is -0.0711. The summed E-state index contributed by atoms with van der Waals surface area (Å²) >= 11 is 0. The van der Waals surface area contributed by atoms with Gasteiger partial charge in [-0.25, -0.2) is 19.3 Å². The first kappa shape index (κ1) is 23.0. The SMILES string of the molecule is Nc1ncnc2c1ncn2[C@@H]1O[C@H](COS(=O)(=O)NC2(c3ccccc3F)COC2)[C@@H](O)[C@H]1O. The minimum atomic E-state index is -4.43. The van der Waals surface area contributed by atoms with E-state index in [1.165, 1.54) is 35.4 Å². The highest BCUT2D eigenvalue weighted by atomic mass is 32.2. The summed E-state index contributed by atoms with van der Waals surface area (Å²) in [5, 5.41) is 20.9. The molecule has 2 saturated heterocycles. The summed E-state index contributed by atoms with van der Waals surface area (Å²) in [5.41, 5.74) is 5.10. The Balaban J connectivity index is 1.29. The molecule has 0 bridgehead atoms. The molecule has 4 heterocycles. The van der Waals surface area contributed by atoms with Gasteiger partial charge in [0.15, 0.2) is 17.7 Å². The van der Waals surface area contributed by atoms with E-state index in [-0.39, 0.29) is 35.8 Å². The number of imidazole rings is 1. The molecule has 1 aromatic carbocycles. The summed E-state index contributed by atoms with van der Waals surface area (Å²) < 4.78 is 59.0. The van der Waals surface area contributed by atoms with Crippen LogP contribution in [0.2, 0.25) is 0 Å². The number of anilines is 1. The number of aliphatic hydroxyl groups excluding tert-OH is 2. The Morgan fingerprint density at radius 3 is 2.71 bits per heavy atom. The van der Waals surface area contributed by atoms with E-state index >= 15 is 0 Å². The summed E-state index contributed by atoms with van der Waals surface area (Å²) in [6, 6.07) is 5.74. The number of nitrogens with one attached hydrogen (secondary N) is 1. The molecule has 0 spiro atoms. The third kappa shape index (κ3) is 3.90. The van der Waals surface area contributed by atoms with Gasteiger partial charge in [0.2, 0.25) is 0 Å². The molecule has 0 radical (unpaired) electrons. The zero-order chi connectivity index (χ0) is 24.1. The Labute approximate surface area is 192 Å². The van der Waals surface area contributed by atoms with Gasteiger partial charge in [-0.1, -0.05) is 18.2 Å². The number of fused-ring (bicyclic) bond motifs is 1. The van der Waals surface area contributed by atoms with Gasteiger partial charge in [-0.05, 0) is 6.07 Å². The van der Waals surface area contributed by atoms with E-state index in [2.05, 4.69) is 19.7 Å². The van der Waals surface area contributed by atoms with E-state index in [0.717, 1.165) is 0 Å². The van der Waals surface area contributed by atoms with Crippen LogP contribution in [0.5, 0.6) is 0 Å². The summed E-state index contributed by atoms with van der Waals surface area (Å²) in [4.78, 5) is 12.0. The van der Waals surface area contributed by atoms with Crippen LogP contribution in [0.15, 0.2) is 36.9 Å². The molecular formula is C19H21FN6O7S. The van der Waals surface area contributed by atoms with Crippen molar-refractivity contribution in [2.45, 2.75) is 30.1 Å². The molecule has 2 fully saturated rings. The number of hydrogen-bond donors (Lipinski definition) is 4. The number of aliphatic hydroxyl groups is 2.